The van der Waals surface area contributed by atoms with Gasteiger partial charge in [-0.3, -0.25) is 13.9 Å². The summed E-state index contributed by atoms with van der Waals surface area (Å²) in [7, 11) is -4.67. The molecule has 0 amide bonds. The molecule has 64 valence electrons. The fourth-order valence-electron chi connectivity index (χ4n) is 0. The molecule has 0 aliphatic heterocycles. The first-order chi connectivity index (χ1) is 3.73. The summed E-state index contributed by atoms with van der Waals surface area (Å²) in [6.45, 7) is 1.08. The van der Waals surface area contributed by atoms with Gasteiger partial charge in [0.25, 0.3) is 5.97 Å². The van der Waals surface area contributed by atoms with Crippen molar-refractivity contribution >= 4 is 33.7 Å². The first-order valence-electron chi connectivity index (χ1n) is 1.63. The maximum atomic E-state index is 9.00. The second-order valence-corrected chi connectivity index (χ2v) is 1.86. The van der Waals surface area contributed by atoms with Crippen LogP contribution in [-0.2, 0) is 34.7 Å². The number of aliphatic carboxylic acids is 1. The van der Waals surface area contributed by atoms with E-state index in [9.17, 15) is 0 Å². The van der Waals surface area contributed by atoms with Gasteiger partial charge in [0.1, 0.15) is 0 Å². The van der Waals surface area contributed by atoms with E-state index in [1.54, 1.807) is 0 Å². The van der Waals surface area contributed by atoms with Crippen LogP contribution in [0.1, 0.15) is 6.92 Å². The molecule has 0 unspecified atom stereocenters. The van der Waals surface area contributed by atoms with Crippen molar-refractivity contribution in [3.05, 3.63) is 0 Å². The molecule has 0 saturated heterocycles. The van der Waals surface area contributed by atoms with E-state index in [2.05, 4.69) is 0 Å². The Morgan fingerprint density at radius 1 is 1.27 bits per heavy atom. The van der Waals surface area contributed by atoms with Crippen LogP contribution in [-0.4, -0.2) is 46.0 Å². The van der Waals surface area contributed by atoms with E-state index < -0.39 is 16.4 Å². The van der Waals surface area contributed by atoms with Crippen LogP contribution in [0.4, 0.5) is 0 Å². The molecule has 0 bridgehead atoms. The van der Waals surface area contributed by atoms with Gasteiger partial charge < -0.3 is 5.11 Å². The molecule has 0 aromatic heterocycles. The Bertz CT molecular complexity index is 163. The standard InChI is InChI=1S/C2H4O2.Al.H2O4S.Zn.3H/c1-2(3)4;;1-5(2,3)4;;;;/h1H3,(H,3,4);;(H2,1,2,3,4);;;;. The van der Waals surface area contributed by atoms with Crippen molar-refractivity contribution < 1.29 is 46.9 Å². The zero-order valence-corrected chi connectivity index (χ0v) is 8.97. The van der Waals surface area contributed by atoms with Crippen LogP contribution >= 0.6 is 0 Å². The van der Waals surface area contributed by atoms with Gasteiger partial charge in [-0.15, -0.1) is 0 Å². The fraction of sp³-hybridized carbons (Fsp3) is 0.500. The van der Waals surface area contributed by atoms with Crippen molar-refractivity contribution in [2.24, 2.45) is 0 Å². The van der Waals surface area contributed by atoms with Crippen molar-refractivity contribution in [1.82, 2.24) is 0 Å². The minimum Gasteiger partial charge on any atom is -0.481 e. The molecule has 0 heterocycles. The van der Waals surface area contributed by atoms with Crippen LogP contribution in [0.3, 0.4) is 0 Å². The van der Waals surface area contributed by atoms with E-state index in [4.69, 9.17) is 27.4 Å². The van der Waals surface area contributed by atoms with Gasteiger partial charge in [-0.2, -0.15) is 8.42 Å². The van der Waals surface area contributed by atoms with Gasteiger partial charge in [0, 0.05) is 26.4 Å². The molecular weight excluding hydrogens is 244 g/mol. The van der Waals surface area contributed by atoms with Gasteiger partial charge in [-0.05, 0) is 0 Å². The molecular formula is C2H9AlO6SZn. The van der Waals surface area contributed by atoms with Crippen molar-refractivity contribution in [2.45, 2.75) is 6.92 Å². The average molecular weight is 254 g/mol. The largest absolute Gasteiger partial charge is 0.481 e. The van der Waals surface area contributed by atoms with Crippen LogP contribution < -0.4 is 0 Å². The summed E-state index contributed by atoms with van der Waals surface area (Å²) in [5, 5.41) is 7.42. The first kappa shape index (κ1) is 22.5. The Labute approximate surface area is 87.5 Å². The molecule has 0 fully saturated rings. The third kappa shape index (κ3) is 3080. The molecule has 0 aromatic rings. The van der Waals surface area contributed by atoms with Crippen LogP contribution in [0.25, 0.3) is 0 Å². The number of carboxylic acids is 1. The summed E-state index contributed by atoms with van der Waals surface area (Å²) in [5.74, 6) is -0.833. The van der Waals surface area contributed by atoms with Gasteiger partial charge in [0.2, 0.25) is 0 Å². The molecule has 0 aliphatic rings. The molecule has 0 saturated carbocycles. The summed E-state index contributed by atoms with van der Waals surface area (Å²) in [6, 6.07) is 0. The number of hydrogen-bond donors (Lipinski definition) is 3. The predicted molar refractivity (Wildman–Crippen MR) is 37.4 cm³/mol. The Morgan fingerprint density at radius 2 is 1.27 bits per heavy atom. The molecule has 0 rings (SSSR count). The molecule has 11 heavy (non-hydrogen) atoms. The topological polar surface area (TPSA) is 112 Å². The van der Waals surface area contributed by atoms with Crippen LogP contribution in [0.2, 0.25) is 0 Å². The smallest absolute Gasteiger partial charge is 0.394 e. The van der Waals surface area contributed by atoms with E-state index >= 15 is 0 Å². The van der Waals surface area contributed by atoms with E-state index in [1.165, 1.54) is 0 Å². The predicted octanol–water partition coefficient (Wildman–Crippen LogP) is -1.75. The molecule has 0 spiro atoms. The van der Waals surface area contributed by atoms with E-state index in [0.29, 0.717) is 0 Å². The maximum absolute atomic E-state index is 9.00. The second-order valence-electron chi connectivity index (χ2n) is 0.967. The molecule has 0 atom stereocenters. The Balaban J connectivity index is -0.0000000383. The molecule has 0 aliphatic carbocycles. The number of carbonyl (C=O) groups is 1. The van der Waals surface area contributed by atoms with Gasteiger partial charge in [-0.25, -0.2) is 0 Å². The van der Waals surface area contributed by atoms with E-state index in [0.717, 1.165) is 6.92 Å². The second kappa shape index (κ2) is 10.5. The van der Waals surface area contributed by atoms with Gasteiger partial charge >= 0.3 is 10.4 Å². The van der Waals surface area contributed by atoms with Gasteiger partial charge in [0.05, 0.1) is 0 Å². The minimum atomic E-state index is -4.67. The Hall–Kier alpha value is 0.496. The zero-order valence-electron chi connectivity index (χ0n) is 5.18. The summed E-state index contributed by atoms with van der Waals surface area (Å²) >= 11 is 0. The summed E-state index contributed by atoms with van der Waals surface area (Å²) in [4.78, 5) is 9.00. The SMILES string of the molecule is CC(=O)O.O=S(=O)(O)O.[AlH3].[Zn]. The third-order valence-electron chi connectivity index (χ3n) is 0. The zero-order chi connectivity index (χ0) is 8.08. The first-order valence-corrected chi connectivity index (χ1v) is 3.02. The van der Waals surface area contributed by atoms with Crippen LogP contribution in [0.5, 0.6) is 0 Å². The fourth-order valence-corrected chi connectivity index (χ4v) is 0. The molecule has 6 nitrogen and oxygen atoms in total. The molecule has 0 radical (unpaired) electrons. The minimum absolute atomic E-state index is 0. The maximum Gasteiger partial charge on any atom is 0.394 e. The number of carboxylic acid groups (broad SMARTS) is 1. The van der Waals surface area contributed by atoms with Crippen LogP contribution in [0, 0.1) is 0 Å². The van der Waals surface area contributed by atoms with Gasteiger partial charge in [-0.1, -0.05) is 0 Å². The Kier molecular flexibility index (Phi) is 21.5. The van der Waals surface area contributed by atoms with Crippen molar-refractivity contribution in [2.75, 3.05) is 0 Å². The number of rotatable bonds is 0. The van der Waals surface area contributed by atoms with Gasteiger partial charge in [0.15, 0.2) is 17.4 Å². The number of hydrogen-bond acceptors (Lipinski definition) is 3. The molecule has 3 N–H and O–H groups in total. The Morgan fingerprint density at radius 3 is 1.27 bits per heavy atom. The van der Waals surface area contributed by atoms with Crippen molar-refractivity contribution in [3.8, 4) is 0 Å². The normalized spacial score (nSPS) is 7.55. The summed E-state index contributed by atoms with van der Waals surface area (Å²) < 4.78 is 31.6. The third-order valence-corrected chi connectivity index (χ3v) is 0. The van der Waals surface area contributed by atoms with E-state index in [1.807, 2.05) is 0 Å². The molecule has 9 heteroatoms. The summed E-state index contributed by atoms with van der Waals surface area (Å²) in [6.07, 6.45) is 0. The average Bonchev–Trinajstić information content (AvgIpc) is 1.19. The van der Waals surface area contributed by atoms with E-state index in [-0.39, 0.29) is 36.8 Å². The van der Waals surface area contributed by atoms with Crippen molar-refractivity contribution in [1.29, 1.82) is 0 Å². The summed E-state index contributed by atoms with van der Waals surface area (Å²) in [5.41, 5.74) is 0. The molecule has 0 aromatic carbocycles. The monoisotopic (exact) mass is 252 g/mol. The van der Waals surface area contributed by atoms with Crippen LogP contribution in [0.15, 0.2) is 0 Å². The quantitative estimate of drug-likeness (QED) is 0.349. The van der Waals surface area contributed by atoms with Crippen molar-refractivity contribution in [3.63, 3.8) is 0 Å².